The summed E-state index contributed by atoms with van der Waals surface area (Å²) in [5.74, 6) is 2.69. The van der Waals surface area contributed by atoms with Gasteiger partial charge >= 0.3 is 0 Å². The number of benzene rings is 2. The van der Waals surface area contributed by atoms with Gasteiger partial charge in [-0.1, -0.05) is 6.07 Å². The van der Waals surface area contributed by atoms with Gasteiger partial charge in [0.2, 0.25) is 5.91 Å². The Balaban J connectivity index is 1.79. The lowest BCUT2D eigenvalue weighted by molar-refractivity contribution is -0.126. The van der Waals surface area contributed by atoms with Gasteiger partial charge in [-0.05, 0) is 48.7 Å². The van der Waals surface area contributed by atoms with Crippen molar-refractivity contribution in [3.63, 3.8) is 0 Å². The van der Waals surface area contributed by atoms with E-state index in [1.165, 1.54) is 0 Å². The van der Waals surface area contributed by atoms with Crippen LogP contribution in [0.25, 0.3) is 6.08 Å². The molecule has 29 heavy (non-hydrogen) atoms. The van der Waals surface area contributed by atoms with Gasteiger partial charge in [-0.25, -0.2) is 0 Å². The van der Waals surface area contributed by atoms with Crippen LogP contribution < -0.4 is 18.9 Å². The number of methoxy groups -OCH3 is 4. The molecule has 6 nitrogen and oxygen atoms in total. The highest BCUT2D eigenvalue weighted by atomic mass is 16.5. The van der Waals surface area contributed by atoms with E-state index in [4.69, 9.17) is 18.9 Å². The number of carbonyl (C=O) groups is 1. The van der Waals surface area contributed by atoms with E-state index in [0.717, 1.165) is 30.5 Å². The third-order valence-electron chi connectivity index (χ3n) is 5.17. The van der Waals surface area contributed by atoms with Gasteiger partial charge in [0, 0.05) is 24.3 Å². The van der Waals surface area contributed by atoms with Crippen molar-refractivity contribution in [1.29, 1.82) is 0 Å². The number of rotatable bonds is 7. The minimum absolute atomic E-state index is 0.0183. The molecule has 1 unspecified atom stereocenters. The van der Waals surface area contributed by atoms with Crippen LogP contribution in [0.15, 0.2) is 42.5 Å². The van der Waals surface area contributed by atoms with Crippen LogP contribution in [-0.2, 0) is 4.79 Å². The Morgan fingerprint density at radius 3 is 2.38 bits per heavy atom. The maximum absolute atomic E-state index is 12.9. The second kappa shape index (κ2) is 9.37. The number of nitrogens with zero attached hydrogens (tertiary/aromatic N) is 1. The fourth-order valence-corrected chi connectivity index (χ4v) is 3.65. The van der Waals surface area contributed by atoms with Crippen LogP contribution in [0, 0.1) is 0 Å². The lowest BCUT2D eigenvalue weighted by atomic mass is 10.0. The maximum Gasteiger partial charge on any atom is 0.247 e. The summed E-state index contributed by atoms with van der Waals surface area (Å²) < 4.78 is 21.4. The Labute approximate surface area is 171 Å². The van der Waals surface area contributed by atoms with Crippen LogP contribution in [0.5, 0.6) is 23.0 Å². The van der Waals surface area contributed by atoms with Crippen molar-refractivity contribution in [2.24, 2.45) is 0 Å². The zero-order chi connectivity index (χ0) is 20.8. The molecule has 0 spiro atoms. The fraction of sp³-hybridized carbons (Fsp3) is 0.348. The van der Waals surface area contributed by atoms with E-state index in [1.807, 2.05) is 35.2 Å². The Morgan fingerprint density at radius 1 is 0.931 bits per heavy atom. The van der Waals surface area contributed by atoms with Crippen molar-refractivity contribution in [2.45, 2.75) is 18.9 Å². The predicted molar refractivity (Wildman–Crippen MR) is 112 cm³/mol. The van der Waals surface area contributed by atoms with E-state index in [1.54, 1.807) is 46.7 Å². The molecule has 1 atom stereocenters. The van der Waals surface area contributed by atoms with E-state index < -0.39 is 0 Å². The molecule has 2 aromatic rings. The van der Waals surface area contributed by atoms with Gasteiger partial charge in [-0.3, -0.25) is 4.79 Å². The third kappa shape index (κ3) is 4.47. The molecule has 2 aromatic carbocycles. The van der Waals surface area contributed by atoms with Crippen LogP contribution in [0.1, 0.15) is 30.0 Å². The molecule has 1 heterocycles. The molecule has 1 fully saturated rings. The van der Waals surface area contributed by atoms with E-state index >= 15 is 0 Å². The van der Waals surface area contributed by atoms with Crippen molar-refractivity contribution < 1.29 is 23.7 Å². The van der Waals surface area contributed by atoms with E-state index in [-0.39, 0.29) is 11.9 Å². The molecule has 3 rings (SSSR count). The van der Waals surface area contributed by atoms with Gasteiger partial charge in [0.25, 0.3) is 0 Å². The molecule has 0 aliphatic carbocycles. The number of hydrogen-bond donors (Lipinski definition) is 0. The summed E-state index contributed by atoms with van der Waals surface area (Å²) >= 11 is 0. The van der Waals surface area contributed by atoms with Crippen molar-refractivity contribution in [1.82, 2.24) is 4.90 Å². The molecule has 6 heteroatoms. The van der Waals surface area contributed by atoms with Crippen LogP contribution in [-0.4, -0.2) is 45.8 Å². The summed E-state index contributed by atoms with van der Waals surface area (Å²) in [6.45, 7) is 0.724. The molecule has 1 amide bonds. The molecule has 0 saturated carbocycles. The summed E-state index contributed by atoms with van der Waals surface area (Å²) in [6, 6.07) is 11.4. The van der Waals surface area contributed by atoms with Gasteiger partial charge in [0.15, 0.2) is 11.5 Å². The Hall–Kier alpha value is -3.15. The summed E-state index contributed by atoms with van der Waals surface area (Å²) in [4.78, 5) is 14.8. The number of hydrogen-bond acceptors (Lipinski definition) is 5. The molecule has 0 radical (unpaired) electrons. The highest BCUT2D eigenvalue weighted by Gasteiger charge is 2.29. The fourth-order valence-electron chi connectivity index (χ4n) is 3.65. The number of ether oxygens (including phenoxy) is 4. The molecule has 0 bridgehead atoms. The van der Waals surface area contributed by atoms with E-state index in [9.17, 15) is 4.79 Å². The number of likely N-dealkylation sites (tertiary alicyclic amines) is 1. The third-order valence-corrected chi connectivity index (χ3v) is 5.17. The monoisotopic (exact) mass is 397 g/mol. The molecule has 1 aliphatic rings. The Morgan fingerprint density at radius 2 is 1.69 bits per heavy atom. The molecular formula is C23H27NO5. The summed E-state index contributed by atoms with van der Waals surface area (Å²) in [6.07, 6.45) is 5.26. The van der Waals surface area contributed by atoms with Gasteiger partial charge < -0.3 is 23.8 Å². The molecular weight excluding hydrogens is 370 g/mol. The van der Waals surface area contributed by atoms with Crippen LogP contribution in [0.2, 0.25) is 0 Å². The molecule has 0 aromatic heterocycles. The second-order valence-corrected chi connectivity index (χ2v) is 6.75. The van der Waals surface area contributed by atoms with Crippen molar-refractivity contribution in [3.05, 3.63) is 53.6 Å². The zero-order valence-corrected chi connectivity index (χ0v) is 17.3. The number of carbonyl (C=O) groups excluding carboxylic acids is 1. The first kappa shape index (κ1) is 20.6. The van der Waals surface area contributed by atoms with Gasteiger partial charge in [-0.15, -0.1) is 0 Å². The summed E-state index contributed by atoms with van der Waals surface area (Å²) in [5.41, 5.74) is 1.87. The molecule has 0 N–H and O–H groups in total. The maximum atomic E-state index is 12.9. The highest BCUT2D eigenvalue weighted by Crippen LogP contribution is 2.37. The van der Waals surface area contributed by atoms with Gasteiger partial charge in [-0.2, -0.15) is 0 Å². The molecule has 1 saturated heterocycles. The average molecular weight is 397 g/mol. The molecule has 154 valence electrons. The highest BCUT2D eigenvalue weighted by molar-refractivity contribution is 5.92. The smallest absolute Gasteiger partial charge is 0.247 e. The normalized spacial score (nSPS) is 16.1. The van der Waals surface area contributed by atoms with Gasteiger partial charge in [0.05, 0.1) is 34.5 Å². The van der Waals surface area contributed by atoms with Crippen LogP contribution >= 0.6 is 0 Å². The summed E-state index contributed by atoms with van der Waals surface area (Å²) in [5, 5.41) is 0. The summed E-state index contributed by atoms with van der Waals surface area (Å²) in [7, 11) is 6.43. The van der Waals surface area contributed by atoms with Crippen molar-refractivity contribution in [3.8, 4) is 23.0 Å². The lowest BCUT2D eigenvalue weighted by Crippen LogP contribution is -2.28. The molecule has 1 aliphatic heterocycles. The lowest BCUT2D eigenvalue weighted by Gasteiger charge is -2.24. The Kier molecular flexibility index (Phi) is 6.65. The first-order valence-electron chi connectivity index (χ1n) is 9.54. The zero-order valence-electron chi connectivity index (χ0n) is 17.3. The van der Waals surface area contributed by atoms with Gasteiger partial charge in [0.1, 0.15) is 11.5 Å². The van der Waals surface area contributed by atoms with Crippen LogP contribution in [0.4, 0.5) is 0 Å². The van der Waals surface area contributed by atoms with E-state index in [2.05, 4.69) is 0 Å². The predicted octanol–water partition coefficient (Wildman–Crippen LogP) is 4.10. The SMILES string of the molecule is COc1ccc(/C=C/C(=O)N2CCCC2c2ccc(OC)c(OC)c2)c(OC)c1. The van der Waals surface area contributed by atoms with Crippen LogP contribution in [0.3, 0.4) is 0 Å². The average Bonchev–Trinajstić information content (AvgIpc) is 3.26. The second-order valence-electron chi connectivity index (χ2n) is 6.75. The quantitative estimate of drug-likeness (QED) is 0.659. The van der Waals surface area contributed by atoms with E-state index in [0.29, 0.717) is 23.0 Å². The first-order valence-corrected chi connectivity index (χ1v) is 9.54. The van der Waals surface area contributed by atoms with Crippen molar-refractivity contribution in [2.75, 3.05) is 35.0 Å². The minimum Gasteiger partial charge on any atom is -0.497 e. The standard InChI is InChI=1S/C23H27NO5/c1-26-18-10-7-16(21(15-18)28-3)9-12-23(25)24-13-5-6-19(24)17-8-11-20(27-2)22(14-17)29-4/h7-12,14-15,19H,5-6,13H2,1-4H3/b12-9+. The van der Waals surface area contributed by atoms with Crippen molar-refractivity contribution >= 4 is 12.0 Å². The first-order chi connectivity index (χ1) is 14.1. The largest absolute Gasteiger partial charge is 0.497 e. The topological polar surface area (TPSA) is 57.2 Å². The Bertz CT molecular complexity index is 893. The number of amides is 1. The minimum atomic E-state index is -0.0276.